The Labute approximate surface area is 199 Å². The molecule has 8 heteroatoms. The lowest BCUT2D eigenvalue weighted by atomic mass is 10.1. The minimum absolute atomic E-state index is 0.111. The molecule has 1 amide bonds. The van der Waals surface area contributed by atoms with Gasteiger partial charge >= 0.3 is 0 Å². The highest BCUT2D eigenvalue weighted by molar-refractivity contribution is 7.92. The van der Waals surface area contributed by atoms with Crippen molar-refractivity contribution in [1.82, 2.24) is 4.90 Å². The number of fused-ring (bicyclic) bond motifs is 2. The topological polar surface area (TPSA) is 76.1 Å². The van der Waals surface area contributed by atoms with Crippen molar-refractivity contribution >= 4 is 21.6 Å². The first-order valence-electron chi connectivity index (χ1n) is 11.4. The third kappa shape index (κ3) is 3.98. The van der Waals surface area contributed by atoms with Crippen molar-refractivity contribution in [3.8, 4) is 11.5 Å². The van der Waals surface area contributed by atoms with Crippen LogP contribution in [0.1, 0.15) is 28.4 Å². The summed E-state index contributed by atoms with van der Waals surface area (Å²) in [6.45, 7) is 4.03. The average Bonchev–Trinajstić information content (AvgIpc) is 3.32. The van der Waals surface area contributed by atoms with Crippen LogP contribution < -0.4 is 13.8 Å². The third-order valence-corrected chi connectivity index (χ3v) is 8.00. The summed E-state index contributed by atoms with van der Waals surface area (Å²) in [7, 11) is -3.79. The number of ether oxygens (including phenoxy) is 2. The van der Waals surface area contributed by atoms with Gasteiger partial charge in [-0.3, -0.25) is 9.10 Å². The van der Waals surface area contributed by atoms with Crippen LogP contribution in [0.2, 0.25) is 0 Å². The molecule has 34 heavy (non-hydrogen) atoms. The van der Waals surface area contributed by atoms with Gasteiger partial charge in [-0.15, -0.1) is 0 Å². The molecule has 0 bridgehead atoms. The molecule has 0 aromatic heterocycles. The molecule has 7 nitrogen and oxygen atoms in total. The lowest BCUT2D eigenvalue weighted by molar-refractivity contribution is 0.0749. The Hall–Kier alpha value is -3.52. The zero-order valence-electron chi connectivity index (χ0n) is 18.9. The lowest BCUT2D eigenvalue weighted by Crippen LogP contribution is -2.32. The molecule has 0 aliphatic carbocycles. The molecular weight excluding hydrogens is 452 g/mol. The van der Waals surface area contributed by atoms with Gasteiger partial charge in [0, 0.05) is 30.8 Å². The quantitative estimate of drug-likeness (QED) is 0.538. The Kier molecular flexibility index (Phi) is 5.91. The van der Waals surface area contributed by atoms with E-state index in [1.54, 1.807) is 23.1 Å². The van der Waals surface area contributed by atoms with E-state index in [9.17, 15) is 13.2 Å². The van der Waals surface area contributed by atoms with Crippen molar-refractivity contribution in [3.63, 3.8) is 0 Å². The number of nitrogens with zero attached hydrogens (tertiary/aromatic N) is 2. The minimum atomic E-state index is -3.79. The summed E-state index contributed by atoms with van der Waals surface area (Å²) in [6, 6.07) is 19.4. The molecule has 0 fully saturated rings. The zero-order chi connectivity index (χ0) is 23.7. The van der Waals surface area contributed by atoms with E-state index in [1.807, 2.05) is 49.4 Å². The molecule has 0 radical (unpaired) electrons. The molecule has 0 unspecified atom stereocenters. The van der Waals surface area contributed by atoms with Gasteiger partial charge < -0.3 is 14.4 Å². The maximum absolute atomic E-state index is 13.4. The van der Waals surface area contributed by atoms with Crippen molar-refractivity contribution in [2.24, 2.45) is 0 Å². The van der Waals surface area contributed by atoms with E-state index < -0.39 is 10.0 Å². The fourth-order valence-electron chi connectivity index (χ4n) is 4.45. The molecule has 2 heterocycles. The number of amides is 1. The van der Waals surface area contributed by atoms with Crippen molar-refractivity contribution in [2.75, 3.05) is 30.6 Å². The second kappa shape index (κ2) is 9.02. The van der Waals surface area contributed by atoms with Crippen LogP contribution in [0, 0.1) is 0 Å². The molecule has 0 atom stereocenters. The normalized spacial score (nSPS) is 14.6. The number of rotatable bonds is 6. The molecule has 2 aliphatic heterocycles. The van der Waals surface area contributed by atoms with Gasteiger partial charge in [0.25, 0.3) is 15.9 Å². The Morgan fingerprint density at radius 3 is 2.65 bits per heavy atom. The van der Waals surface area contributed by atoms with Crippen LogP contribution in [0.3, 0.4) is 0 Å². The number of para-hydroxylation sites is 2. The maximum atomic E-state index is 13.4. The lowest BCUT2D eigenvalue weighted by Gasteiger charge is -2.26. The summed E-state index contributed by atoms with van der Waals surface area (Å²) in [5, 5.41) is 0. The predicted molar refractivity (Wildman–Crippen MR) is 129 cm³/mol. The summed E-state index contributed by atoms with van der Waals surface area (Å²) < 4.78 is 39.7. The number of carbonyl (C=O) groups is 1. The van der Waals surface area contributed by atoms with E-state index in [0.29, 0.717) is 62.0 Å². The average molecular weight is 479 g/mol. The monoisotopic (exact) mass is 478 g/mol. The third-order valence-electron chi connectivity index (χ3n) is 6.19. The highest BCUT2D eigenvalue weighted by atomic mass is 32.2. The van der Waals surface area contributed by atoms with Crippen LogP contribution in [0.25, 0.3) is 0 Å². The second-order valence-corrected chi connectivity index (χ2v) is 10.1. The van der Waals surface area contributed by atoms with E-state index in [-0.39, 0.29) is 10.8 Å². The summed E-state index contributed by atoms with van der Waals surface area (Å²) in [4.78, 5) is 15.2. The smallest absolute Gasteiger partial charge is 0.264 e. The molecule has 3 aromatic rings. The predicted octanol–water partition coefficient (Wildman–Crippen LogP) is 3.87. The van der Waals surface area contributed by atoms with Crippen molar-refractivity contribution in [3.05, 3.63) is 83.4 Å². The highest BCUT2D eigenvalue weighted by Gasteiger charge is 2.31. The van der Waals surface area contributed by atoms with Crippen LogP contribution in [-0.2, 0) is 23.0 Å². The largest absolute Gasteiger partial charge is 0.486 e. The van der Waals surface area contributed by atoms with Gasteiger partial charge in [0.2, 0.25) is 0 Å². The van der Waals surface area contributed by atoms with Crippen LogP contribution >= 0.6 is 0 Å². The summed E-state index contributed by atoms with van der Waals surface area (Å²) >= 11 is 0. The number of benzene rings is 3. The van der Waals surface area contributed by atoms with Crippen molar-refractivity contribution in [2.45, 2.75) is 24.8 Å². The summed E-state index contributed by atoms with van der Waals surface area (Å²) in [6.07, 6.45) is 0.671. The molecule has 3 aromatic carbocycles. The van der Waals surface area contributed by atoms with Gasteiger partial charge in [0.1, 0.15) is 13.2 Å². The molecule has 0 N–H and O–H groups in total. The Balaban J connectivity index is 1.41. The summed E-state index contributed by atoms with van der Waals surface area (Å²) in [5.41, 5.74) is 2.89. The molecular formula is C26H26N2O5S. The van der Waals surface area contributed by atoms with Gasteiger partial charge in [-0.2, -0.15) is 0 Å². The van der Waals surface area contributed by atoms with Crippen LogP contribution in [0.5, 0.6) is 11.5 Å². The summed E-state index contributed by atoms with van der Waals surface area (Å²) in [5.74, 6) is 1.09. The first-order valence-corrected chi connectivity index (χ1v) is 12.8. The van der Waals surface area contributed by atoms with Gasteiger partial charge in [-0.05, 0) is 49.2 Å². The molecule has 0 saturated heterocycles. The Morgan fingerprint density at radius 1 is 1.00 bits per heavy atom. The highest BCUT2D eigenvalue weighted by Crippen LogP contribution is 2.35. The van der Waals surface area contributed by atoms with E-state index >= 15 is 0 Å². The van der Waals surface area contributed by atoms with E-state index in [1.165, 1.54) is 10.4 Å². The number of carbonyl (C=O) groups excluding carboxylic acids is 1. The SMILES string of the molecule is CCN(Cc1cccc2c1OCCO2)C(=O)c1cccc(S(=O)(=O)N2CCc3ccccc32)c1. The maximum Gasteiger partial charge on any atom is 0.264 e. The van der Waals surface area contributed by atoms with Gasteiger partial charge in [-0.25, -0.2) is 8.42 Å². The zero-order valence-corrected chi connectivity index (χ0v) is 19.8. The fourth-order valence-corrected chi connectivity index (χ4v) is 6.00. The Morgan fingerprint density at radius 2 is 1.79 bits per heavy atom. The standard InChI is InChI=1S/C26H26N2O5S/c1-2-27(18-21-9-6-12-24-25(21)33-16-15-32-24)26(29)20-8-5-10-22(17-20)34(30,31)28-14-13-19-7-3-4-11-23(19)28/h3-12,17H,2,13-16,18H2,1H3. The van der Waals surface area contributed by atoms with Crippen LogP contribution in [0.4, 0.5) is 5.69 Å². The van der Waals surface area contributed by atoms with E-state index in [4.69, 9.17) is 9.47 Å². The van der Waals surface area contributed by atoms with Gasteiger partial charge in [-0.1, -0.05) is 36.4 Å². The van der Waals surface area contributed by atoms with Crippen molar-refractivity contribution < 1.29 is 22.7 Å². The van der Waals surface area contributed by atoms with Crippen LogP contribution in [0.15, 0.2) is 71.6 Å². The molecule has 0 spiro atoms. The van der Waals surface area contributed by atoms with Crippen molar-refractivity contribution in [1.29, 1.82) is 0 Å². The number of hydrogen-bond acceptors (Lipinski definition) is 5. The molecule has 0 saturated carbocycles. The number of hydrogen-bond donors (Lipinski definition) is 0. The first kappa shape index (κ1) is 22.3. The van der Waals surface area contributed by atoms with Gasteiger partial charge in [0.15, 0.2) is 11.5 Å². The minimum Gasteiger partial charge on any atom is -0.486 e. The molecule has 176 valence electrons. The van der Waals surface area contributed by atoms with Gasteiger partial charge in [0.05, 0.1) is 10.6 Å². The fraction of sp³-hybridized carbons (Fsp3) is 0.269. The number of anilines is 1. The van der Waals surface area contributed by atoms with E-state index in [0.717, 1.165) is 11.1 Å². The first-order chi connectivity index (χ1) is 16.5. The Bertz CT molecular complexity index is 1340. The second-order valence-electron chi connectivity index (χ2n) is 8.24. The molecule has 2 aliphatic rings. The van der Waals surface area contributed by atoms with E-state index in [2.05, 4.69) is 0 Å². The number of sulfonamides is 1. The van der Waals surface area contributed by atoms with Crippen LogP contribution in [-0.4, -0.2) is 45.5 Å². The molecule has 5 rings (SSSR count).